The Kier molecular flexibility index (Phi) is 9.30. The summed E-state index contributed by atoms with van der Waals surface area (Å²) in [7, 11) is 2.24. The number of unbranched alkanes of at least 4 members (excludes halogenated alkanes) is 4. The predicted molar refractivity (Wildman–Crippen MR) is 136 cm³/mol. The third kappa shape index (κ3) is 6.18. The summed E-state index contributed by atoms with van der Waals surface area (Å²) in [6, 6.07) is 8.01. The van der Waals surface area contributed by atoms with Gasteiger partial charge in [-0.15, -0.1) is 11.8 Å². The van der Waals surface area contributed by atoms with E-state index in [0.29, 0.717) is 17.4 Å². The van der Waals surface area contributed by atoms with Crippen LogP contribution in [0.2, 0.25) is 12.1 Å². The highest BCUT2D eigenvalue weighted by atomic mass is 32.2. The molecule has 2 amide bonds. The second kappa shape index (κ2) is 11.1. The molecule has 5 heteroatoms. The van der Waals surface area contributed by atoms with Gasteiger partial charge in [0.15, 0.2) is 0 Å². The molecule has 1 radical (unpaired) electrons. The highest BCUT2D eigenvalue weighted by molar-refractivity contribution is 8.01. The lowest BCUT2D eigenvalue weighted by atomic mass is 9.44. The average Bonchev–Trinajstić information content (AvgIpc) is 3.00. The maximum atomic E-state index is 13.0. The van der Waals surface area contributed by atoms with E-state index in [1.54, 1.807) is 11.8 Å². The van der Waals surface area contributed by atoms with Gasteiger partial charge in [-0.3, -0.25) is 9.59 Å². The van der Waals surface area contributed by atoms with Gasteiger partial charge in [0, 0.05) is 11.7 Å². The van der Waals surface area contributed by atoms with Crippen molar-refractivity contribution in [1.29, 1.82) is 0 Å². The number of thioether (sulfide) groups is 1. The maximum absolute atomic E-state index is 13.0. The lowest BCUT2D eigenvalue weighted by molar-refractivity contribution is -0.121. The third-order valence-corrected chi connectivity index (χ3v) is 8.79. The minimum Gasteiger partial charge on any atom is -0.274 e. The van der Waals surface area contributed by atoms with Gasteiger partial charge in [0.1, 0.15) is 7.28 Å². The standard InChI is InChI=1S/C26H41BNO2S/c1-8-9-10-11-12-13-19(2)31-22-18-23(29)28(24(22)30)21-16-14-20(15-17-21)25(3,4)26(5,6)27-7/h14-17,19,22H,8-13,18H2,1-7H3. The van der Waals surface area contributed by atoms with Gasteiger partial charge < -0.3 is 0 Å². The number of rotatable bonds is 12. The van der Waals surface area contributed by atoms with Gasteiger partial charge in [-0.05, 0) is 29.5 Å². The Hall–Kier alpha value is -1.23. The van der Waals surface area contributed by atoms with Gasteiger partial charge in [0.05, 0.1) is 10.9 Å². The molecule has 0 spiro atoms. The van der Waals surface area contributed by atoms with Crippen molar-refractivity contribution >= 4 is 36.5 Å². The Labute approximate surface area is 195 Å². The minimum absolute atomic E-state index is 0.0300. The summed E-state index contributed by atoms with van der Waals surface area (Å²) in [5.41, 5.74) is 1.86. The van der Waals surface area contributed by atoms with Crippen LogP contribution in [0.3, 0.4) is 0 Å². The third-order valence-electron chi connectivity index (χ3n) is 7.40. The van der Waals surface area contributed by atoms with Crippen LogP contribution in [0, 0.1) is 0 Å². The highest BCUT2D eigenvalue weighted by Gasteiger charge is 2.41. The zero-order valence-electron chi connectivity index (χ0n) is 20.7. The van der Waals surface area contributed by atoms with E-state index in [1.807, 2.05) is 12.1 Å². The van der Waals surface area contributed by atoms with Gasteiger partial charge in [0.2, 0.25) is 11.8 Å². The molecule has 0 aromatic heterocycles. The van der Waals surface area contributed by atoms with E-state index in [-0.39, 0.29) is 27.8 Å². The predicted octanol–water partition coefficient (Wildman–Crippen LogP) is 7.03. The van der Waals surface area contributed by atoms with Crippen molar-refractivity contribution in [2.75, 3.05) is 4.90 Å². The molecule has 171 valence electrons. The van der Waals surface area contributed by atoms with E-state index in [1.165, 1.54) is 42.6 Å². The number of hydrogen-bond donors (Lipinski definition) is 0. The normalized spacial score (nSPS) is 18.5. The summed E-state index contributed by atoms with van der Waals surface area (Å²) in [5, 5.41) is 0.185. The number of hydrogen-bond acceptors (Lipinski definition) is 3. The smallest absolute Gasteiger partial charge is 0.247 e. The van der Waals surface area contributed by atoms with E-state index in [4.69, 9.17) is 0 Å². The number of nitrogens with zero attached hydrogens (tertiary/aromatic N) is 1. The van der Waals surface area contributed by atoms with Crippen LogP contribution in [0.15, 0.2) is 24.3 Å². The fourth-order valence-corrected chi connectivity index (χ4v) is 5.45. The summed E-state index contributed by atoms with van der Waals surface area (Å²) in [6.07, 6.45) is 7.74. The molecule has 1 aliphatic rings. The molecule has 31 heavy (non-hydrogen) atoms. The van der Waals surface area contributed by atoms with Crippen LogP contribution in [0.25, 0.3) is 0 Å². The molecule has 0 aliphatic carbocycles. The summed E-state index contributed by atoms with van der Waals surface area (Å²) < 4.78 is 0. The van der Waals surface area contributed by atoms with E-state index < -0.39 is 0 Å². The van der Waals surface area contributed by atoms with Crippen molar-refractivity contribution in [2.45, 2.75) is 115 Å². The Morgan fingerprint density at radius 2 is 1.68 bits per heavy atom. The second-order valence-electron chi connectivity index (χ2n) is 10.1. The molecule has 0 N–H and O–H groups in total. The Morgan fingerprint density at radius 3 is 2.26 bits per heavy atom. The number of anilines is 1. The molecule has 1 heterocycles. The molecule has 2 rings (SSSR count). The lowest BCUT2D eigenvalue weighted by Gasteiger charge is -2.42. The second-order valence-corrected chi connectivity index (χ2v) is 11.7. The summed E-state index contributed by atoms with van der Waals surface area (Å²) >= 11 is 1.68. The molecule has 0 saturated carbocycles. The summed E-state index contributed by atoms with van der Waals surface area (Å²) in [6.45, 7) is 15.5. The Balaban J connectivity index is 2.01. The number of imide groups is 1. The minimum atomic E-state index is -0.247. The Bertz CT molecular complexity index is 744. The van der Waals surface area contributed by atoms with Crippen LogP contribution in [-0.2, 0) is 15.0 Å². The number of amides is 2. The first-order valence-electron chi connectivity index (χ1n) is 12.0. The first-order valence-corrected chi connectivity index (χ1v) is 12.9. The van der Waals surface area contributed by atoms with Crippen LogP contribution in [-0.4, -0.2) is 29.6 Å². The molecule has 1 aliphatic heterocycles. The van der Waals surface area contributed by atoms with Crippen LogP contribution >= 0.6 is 11.8 Å². The topological polar surface area (TPSA) is 37.4 Å². The van der Waals surface area contributed by atoms with E-state index in [2.05, 4.69) is 67.8 Å². The van der Waals surface area contributed by atoms with Crippen molar-refractivity contribution in [2.24, 2.45) is 0 Å². The Morgan fingerprint density at radius 1 is 1.06 bits per heavy atom. The van der Waals surface area contributed by atoms with Gasteiger partial charge >= 0.3 is 0 Å². The number of benzene rings is 1. The van der Waals surface area contributed by atoms with Gasteiger partial charge in [-0.1, -0.05) is 97.9 Å². The SMILES string of the molecule is C[B]C(C)(C)C(C)(C)c1ccc(N2C(=O)CC(SC(C)CCCCCCC)C2=O)cc1. The van der Waals surface area contributed by atoms with Crippen molar-refractivity contribution in [1.82, 2.24) is 0 Å². The molecular weight excluding hydrogens is 401 g/mol. The number of carbonyl (C=O) groups is 2. The van der Waals surface area contributed by atoms with E-state index in [9.17, 15) is 9.59 Å². The zero-order valence-corrected chi connectivity index (χ0v) is 21.5. The molecular formula is C26H41BNO2S. The molecule has 1 saturated heterocycles. The quantitative estimate of drug-likeness (QED) is 0.198. The van der Waals surface area contributed by atoms with Crippen molar-refractivity contribution in [3.8, 4) is 0 Å². The zero-order chi connectivity index (χ0) is 23.2. The first kappa shape index (κ1) is 26.0. The van der Waals surface area contributed by atoms with Gasteiger partial charge in [0.25, 0.3) is 0 Å². The van der Waals surface area contributed by atoms with E-state index in [0.717, 1.165) is 6.42 Å². The molecule has 0 bridgehead atoms. The fraction of sp³-hybridized carbons (Fsp3) is 0.692. The summed E-state index contributed by atoms with van der Waals surface area (Å²) in [4.78, 5) is 27.1. The van der Waals surface area contributed by atoms with Crippen LogP contribution in [0.5, 0.6) is 0 Å². The van der Waals surface area contributed by atoms with Gasteiger partial charge in [-0.25, -0.2) is 4.90 Å². The lowest BCUT2D eigenvalue weighted by Crippen LogP contribution is -2.35. The maximum Gasteiger partial charge on any atom is 0.247 e. The largest absolute Gasteiger partial charge is 0.274 e. The van der Waals surface area contributed by atoms with E-state index >= 15 is 0 Å². The van der Waals surface area contributed by atoms with Crippen molar-refractivity contribution in [3.05, 3.63) is 29.8 Å². The molecule has 1 fully saturated rings. The average molecular weight is 442 g/mol. The van der Waals surface area contributed by atoms with Crippen LogP contribution in [0.1, 0.15) is 92.1 Å². The molecule has 3 nitrogen and oxygen atoms in total. The molecule has 1 aromatic carbocycles. The van der Waals surface area contributed by atoms with Crippen molar-refractivity contribution in [3.63, 3.8) is 0 Å². The molecule has 1 aromatic rings. The first-order chi connectivity index (χ1) is 14.5. The number of carbonyl (C=O) groups excluding carboxylic acids is 2. The fourth-order valence-electron chi connectivity index (χ4n) is 4.13. The molecule has 2 unspecified atom stereocenters. The van der Waals surface area contributed by atoms with Crippen LogP contribution in [0.4, 0.5) is 5.69 Å². The molecule has 2 atom stereocenters. The summed E-state index contributed by atoms with van der Waals surface area (Å²) in [5.74, 6) is -0.131. The highest BCUT2D eigenvalue weighted by Crippen LogP contribution is 2.46. The van der Waals surface area contributed by atoms with Crippen molar-refractivity contribution < 1.29 is 9.59 Å². The van der Waals surface area contributed by atoms with Crippen LogP contribution < -0.4 is 4.90 Å². The monoisotopic (exact) mass is 442 g/mol. The van der Waals surface area contributed by atoms with Gasteiger partial charge in [-0.2, -0.15) is 0 Å².